The van der Waals surface area contributed by atoms with Crippen molar-refractivity contribution in [1.29, 1.82) is 0 Å². The number of aliphatic hydroxyl groups is 1. The van der Waals surface area contributed by atoms with Crippen molar-refractivity contribution in [3.63, 3.8) is 0 Å². The van der Waals surface area contributed by atoms with Gasteiger partial charge >= 0.3 is 0 Å². The van der Waals surface area contributed by atoms with Crippen LogP contribution >= 0.6 is 0 Å². The lowest BCUT2D eigenvalue weighted by Crippen LogP contribution is -2.19. The largest absolute Gasteiger partial charge is 0.385 e. The van der Waals surface area contributed by atoms with Gasteiger partial charge in [-0.25, -0.2) is 0 Å². The molecule has 1 atom stereocenters. The monoisotopic (exact) mass is 272 g/mol. The van der Waals surface area contributed by atoms with E-state index >= 15 is 0 Å². The molecule has 5 heteroatoms. The van der Waals surface area contributed by atoms with Crippen molar-refractivity contribution in [1.82, 2.24) is 20.2 Å². The molecular weight excluding hydrogens is 252 g/mol. The summed E-state index contributed by atoms with van der Waals surface area (Å²) in [6.07, 6.45) is 5.18. The van der Waals surface area contributed by atoms with Crippen molar-refractivity contribution in [3.8, 4) is 5.69 Å². The number of tetrazole rings is 1. The predicted octanol–water partition coefficient (Wildman–Crippen LogP) is 2.58. The van der Waals surface area contributed by atoms with E-state index in [1.54, 1.807) is 4.68 Å². The topological polar surface area (TPSA) is 63.8 Å². The number of hydrogen-bond donors (Lipinski definition) is 1. The van der Waals surface area contributed by atoms with Crippen LogP contribution in [0.1, 0.15) is 49.6 Å². The van der Waals surface area contributed by atoms with Gasteiger partial charge in [0.2, 0.25) is 0 Å². The van der Waals surface area contributed by atoms with E-state index in [1.165, 1.54) is 24.8 Å². The highest BCUT2D eigenvalue weighted by molar-refractivity contribution is 5.34. The fourth-order valence-electron chi connectivity index (χ4n) is 2.91. The number of nitrogens with zero attached hydrogens (tertiary/aromatic N) is 4. The van der Waals surface area contributed by atoms with Crippen LogP contribution in [0.3, 0.4) is 0 Å². The molecule has 106 valence electrons. The van der Waals surface area contributed by atoms with Gasteiger partial charge in [-0.1, -0.05) is 37.0 Å². The van der Waals surface area contributed by atoms with Crippen LogP contribution in [0.15, 0.2) is 24.3 Å². The van der Waals surface area contributed by atoms with E-state index < -0.39 is 6.10 Å². The molecule has 0 spiro atoms. The summed E-state index contributed by atoms with van der Waals surface area (Å²) in [5, 5.41) is 22.4. The Kier molecular flexibility index (Phi) is 3.78. The van der Waals surface area contributed by atoms with Crippen molar-refractivity contribution in [2.24, 2.45) is 5.92 Å². The zero-order valence-corrected chi connectivity index (χ0v) is 11.7. The Bertz CT molecular complexity index is 558. The van der Waals surface area contributed by atoms with E-state index in [9.17, 15) is 5.11 Å². The van der Waals surface area contributed by atoms with Crippen LogP contribution in [-0.2, 0) is 0 Å². The van der Waals surface area contributed by atoms with Gasteiger partial charge in [0.1, 0.15) is 6.10 Å². The average Bonchev–Trinajstić information content (AvgIpc) is 2.97. The van der Waals surface area contributed by atoms with Gasteiger partial charge in [-0.2, -0.15) is 4.68 Å². The Labute approximate surface area is 118 Å². The number of rotatable bonds is 3. The minimum absolute atomic E-state index is 0.277. The summed E-state index contributed by atoms with van der Waals surface area (Å²) in [6.45, 7) is 2.04. The summed E-state index contributed by atoms with van der Waals surface area (Å²) in [4.78, 5) is 0. The van der Waals surface area contributed by atoms with Gasteiger partial charge in [0.25, 0.3) is 0 Å². The first kappa shape index (κ1) is 13.2. The van der Waals surface area contributed by atoms with Gasteiger partial charge in [0.05, 0.1) is 5.69 Å². The number of aryl methyl sites for hydroxylation is 1. The van der Waals surface area contributed by atoms with E-state index in [0.29, 0.717) is 5.82 Å². The lowest BCUT2D eigenvalue weighted by atomic mass is 9.85. The van der Waals surface area contributed by atoms with Crippen molar-refractivity contribution in [2.75, 3.05) is 0 Å². The smallest absolute Gasteiger partial charge is 0.185 e. The molecule has 1 N–H and O–H groups in total. The van der Waals surface area contributed by atoms with Crippen LogP contribution in [0.5, 0.6) is 0 Å². The second kappa shape index (κ2) is 5.71. The molecule has 20 heavy (non-hydrogen) atoms. The summed E-state index contributed by atoms with van der Waals surface area (Å²) in [5.74, 6) is 0.833. The van der Waals surface area contributed by atoms with Crippen LogP contribution in [0.2, 0.25) is 0 Å². The van der Waals surface area contributed by atoms with Crippen LogP contribution in [0.4, 0.5) is 0 Å². The molecule has 1 aliphatic carbocycles. The standard InChI is InChI=1S/C15H20N4O/c1-11-7-9-13(10-8-11)19-15(16-17-18-19)14(20)12-5-3-2-4-6-12/h7-10,12,14,20H,2-6H2,1H3. The zero-order valence-electron chi connectivity index (χ0n) is 11.7. The first-order valence-corrected chi connectivity index (χ1v) is 7.29. The third-order valence-corrected chi connectivity index (χ3v) is 4.13. The molecule has 1 unspecified atom stereocenters. The molecule has 1 heterocycles. The maximum Gasteiger partial charge on any atom is 0.185 e. The zero-order chi connectivity index (χ0) is 13.9. The molecule has 1 aromatic carbocycles. The molecule has 0 radical (unpaired) electrons. The second-order valence-corrected chi connectivity index (χ2v) is 5.63. The van der Waals surface area contributed by atoms with Crippen molar-refractivity contribution >= 4 is 0 Å². The molecule has 1 saturated carbocycles. The van der Waals surface area contributed by atoms with E-state index in [0.717, 1.165) is 18.5 Å². The Morgan fingerprint density at radius 2 is 1.85 bits per heavy atom. The number of hydrogen-bond acceptors (Lipinski definition) is 4. The third-order valence-electron chi connectivity index (χ3n) is 4.13. The first-order valence-electron chi connectivity index (χ1n) is 7.29. The van der Waals surface area contributed by atoms with Crippen molar-refractivity contribution in [2.45, 2.75) is 45.1 Å². The van der Waals surface area contributed by atoms with Gasteiger partial charge in [0.15, 0.2) is 5.82 Å². The van der Waals surface area contributed by atoms with Gasteiger partial charge < -0.3 is 5.11 Å². The molecule has 0 bridgehead atoms. The fraction of sp³-hybridized carbons (Fsp3) is 0.533. The van der Waals surface area contributed by atoms with Gasteiger partial charge in [-0.15, -0.1) is 5.10 Å². The maximum absolute atomic E-state index is 10.6. The van der Waals surface area contributed by atoms with Gasteiger partial charge in [0, 0.05) is 0 Å². The van der Waals surface area contributed by atoms with Crippen molar-refractivity contribution < 1.29 is 5.11 Å². The number of benzene rings is 1. The number of aliphatic hydroxyl groups excluding tert-OH is 1. The highest BCUT2D eigenvalue weighted by Crippen LogP contribution is 2.33. The maximum atomic E-state index is 10.6. The first-order chi connectivity index (χ1) is 9.75. The third kappa shape index (κ3) is 2.58. The highest BCUT2D eigenvalue weighted by atomic mass is 16.3. The molecule has 0 aliphatic heterocycles. The van der Waals surface area contributed by atoms with E-state index in [2.05, 4.69) is 15.5 Å². The fourth-order valence-corrected chi connectivity index (χ4v) is 2.91. The average molecular weight is 272 g/mol. The van der Waals surface area contributed by atoms with Crippen LogP contribution in [0.25, 0.3) is 5.69 Å². The lowest BCUT2D eigenvalue weighted by molar-refractivity contribution is 0.0750. The summed E-state index contributed by atoms with van der Waals surface area (Å²) in [7, 11) is 0. The summed E-state index contributed by atoms with van der Waals surface area (Å²) >= 11 is 0. The normalized spacial score (nSPS) is 18.1. The summed E-state index contributed by atoms with van der Waals surface area (Å²) < 4.78 is 1.65. The molecule has 3 rings (SSSR count). The quantitative estimate of drug-likeness (QED) is 0.932. The SMILES string of the molecule is Cc1ccc(-n2nnnc2C(O)C2CCCCC2)cc1. The lowest BCUT2D eigenvalue weighted by Gasteiger charge is -2.25. The highest BCUT2D eigenvalue weighted by Gasteiger charge is 2.27. The van der Waals surface area contributed by atoms with E-state index in [-0.39, 0.29) is 5.92 Å². The summed E-state index contributed by atoms with van der Waals surface area (Å²) in [6, 6.07) is 7.99. The second-order valence-electron chi connectivity index (χ2n) is 5.63. The van der Waals surface area contributed by atoms with Gasteiger partial charge in [-0.3, -0.25) is 0 Å². The van der Waals surface area contributed by atoms with E-state index in [1.807, 2.05) is 31.2 Å². The van der Waals surface area contributed by atoms with Gasteiger partial charge in [-0.05, 0) is 48.2 Å². The Balaban J connectivity index is 1.87. The Hall–Kier alpha value is -1.75. The molecule has 0 amide bonds. The molecule has 2 aromatic rings. The Morgan fingerprint density at radius 3 is 2.55 bits per heavy atom. The minimum Gasteiger partial charge on any atom is -0.385 e. The van der Waals surface area contributed by atoms with E-state index in [4.69, 9.17) is 0 Å². The van der Waals surface area contributed by atoms with Crippen LogP contribution in [0, 0.1) is 12.8 Å². The molecular formula is C15H20N4O. The molecule has 5 nitrogen and oxygen atoms in total. The van der Waals surface area contributed by atoms with Crippen molar-refractivity contribution in [3.05, 3.63) is 35.7 Å². The molecule has 1 aromatic heterocycles. The molecule has 1 fully saturated rings. The Morgan fingerprint density at radius 1 is 1.15 bits per heavy atom. The predicted molar refractivity (Wildman–Crippen MR) is 75.4 cm³/mol. The molecule has 1 aliphatic rings. The number of aromatic nitrogens is 4. The minimum atomic E-state index is -0.577. The van der Waals surface area contributed by atoms with Crippen LogP contribution < -0.4 is 0 Å². The van der Waals surface area contributed by atoms with Crippen LogP contribution in [-0.4, -0.2) is 25.3 Å². The molecule has 0 saturated heterocycles. The summed E-state index contributed by atoms with van der Waals surface area (Å²) in [5.41, 5.74) is 2.08.